The molecule has 1 saturated heterocycles. The minimum atomic E-state index is -0.901. The fourth-order valence-corrected chi connectivity index (χ4v) is 4.33. The van der Waals surface area contributed by atoms with Crippen molar-refractivity contribution in [1.82, 2.24) is 4.90 Å². The molecule has 2 heterocycles. The normalized spacial score (nSPS) is 24.3. The molecule has 2 aliphatic heterocycles. The Bertz CT molecular complexity index is 1030. The van der Waals surface area contributed by atoms with Gasteiger partial charge < -0.3 is 25.1 Å². The van der Waals surface area contributed by atoms with Gasteiger partial charge in [-0.05, 0) is 30.4 Å². The fourth-order valence-electron chi connectivity index (χ4n) is 4.33. The van der Waals surface area contributed by atoms with Gasteiger partial charge in [-0.3, -0.25) is 19.5 Å². The Labute approximate surface area is 225 Å². The summed E-state index contributed by atoms with van der Waals surface area (Å²) in [5, 5.41) is 10.4. The van der Waals surface area contributed by atoms with Crippen LogP contribution in [0.5, 0.6) is 0 Å². The lowest BCUT2D eigenvalue weighted by atomic mass is 10.0. The van der Waals surface area contributed by atoms with E-state index in [4.69, 9.17) is 19.9 Å². The van der Waals surface area contributed by atoms with E-state index in [1.807, 2.05) is 19.9 Å². The number of hydrogen-bond donors (Lipinski definition) is 2. The Kier molecular flexibility index (Phi) is 11.1. The highest BCUT2D eigenvalue weighted by molar-refractivity contribution is 5.99. The van der Waals surface area contributed by atoms with E-state index in [0.717, 1.165) is 17.7 Å². The Morgan fingerprint density at radius 3 is 2.66 bits per heavy atom. The molecule has 1 fully saturated rings. The number of aliphatic hydroxyl groups is 1. The Balaban J connectivity index is 1.63. The van der Waals surface area contributed by atoms with Crippen molar-refractivity contribution in [3.63, 3.8) is 0 Å². The molecule has 0 spiro atoms. The fraction of sp³-hybridized carbons (Fsp3) is 0.552. The summed E-state index contributed by atoms with van der Waals surface area (Å²) < 4.78 is 17.2. The zero-order valence-corrected chi connectivity index (χ0v) is 22.8. The number of amides is 1. The topological polar surface area (TPSA) is 124 Å². The number of aliphatic imine (C=N–C) groups is 1. The van der Waals surface area contributed by atoms with E-state index in [-0.39, 0.29) is 18.9 Å². The Morgan fingerprint density at radius 2 is 2.03 bits per heavy atom. The maximum Gasteiger partial charge on any atom is 0.323 e. The minimum absolute atomic E-state index is 0.0709. The molecule has 4 unspecified atom stereocenters. The van der Waals surface area contributed by atoms with Crippen molar-refractivity contribution in [2.24, 2.45) is 16.6 Å². The number of hydrogen-bond acceptors (Lipinski definition) is 8. The number of benzene rings is 1. The van der Waals surface area contributed by atoms with Crippen molar-refractivity contribution in [2.45, 2.75) is 83.8 Å². The SMILES string of the molecule is CCCCCc1ccc(C2=CC/C(=C/N(C=O)C3CC(O)C(COC(=O)C(N)C(C)C)O3)C(=NC)O2)cc1. The van der Waals surface area contributed by atoms with Gasteiger partial charge in [0, 0.05) is 37.2 Å². The molecule has 4 atom stereocenters. The number of carbonyl (C=O) groups is 2. The third-order valence-electron chi connectivity index (χ3n) is 6.84. The average molecular weight is 528 g/mol. The quantitative estimate of drug-likeness (QED) is 0.242. The number of unbranched alkanes of at least 4 members (excludes halogenated alkanes) is 2. The lowest BCUT2D eigenvalue weighted by molar-refractivity contribution is -0.154. The van der Waals surface area contributed by atoms with Crippen molar-refractivity contribution in [3.05, 3.63) is 53.2 Å². The van der Waals surface area contributed by atoms with E-state index in [0.29, 0.717) is 24.3 Å². The number of allylic oxidation sites excluding steroid dienone is 1. The standard InChI is InChI=1S/C29H41N3O6/c1-5-6-7-8-20-9-11-21(12-10-20)24-14-13-22(28(31-4)38-24)16-32(18-33)26-15-23(34)25(37-26)17-36-29(35)27(30)19(2)3/h9-12,14,16,18-19,23,25-27,34H,5-8,13,15,17,30H2,1-4H3/b22-16-,31-28?. The van der Waals surface area contributed by atoms with Crippen LogP contribution in [0.4, 0.5) is 0 Å². The van der Waals surface area contributed by atoms with Gasteiger partial charge >= 0.3 is 5.97 Å². The molecule has 9 nitrogen and oxygen atoms in total. The molecule has 38 heavy (non-hydrogen) atoms. The molecule has 3 N–H and O–H groups in total. The number of ether oxygens (including phenoxy) is 3. The molecular weight excluding hydrogens is 486 g/mol. The first kappa shape index (κ1) is 29.5. The Hall–Kier alpha value is -3.01. The summed E-state index contributed by atoms with van der Waals surface area (Å²) in [7, 11) is 1.64. The van der Waals surface area contributed by atoms with Crippen LogP contribution in [0.2, 0.25) is 0 Å². The van der Waals surface area contributed by atoms with E-state index in [2.05, 4.69) is 36.2 Å². The first-order valence-electron chi connectivity index (χ1n) is 13.4. The van der Waals surface area contributed by atoms with Crippen LogP contribution in [-0.4, -0.2) is 66.4 Å². The maximum atomic E-state index is 12.1. The number of aliphatic hydroxyl groups excluding tert-OH is 1. The van der Waals surface area contributed by atoms with Crippen LogP contribution in [-0.2, 0) is 30.2 Å². The molecule has 1 aromatic rings. The molecule has 0 radical (unpaired) electrons. The second-order valence-corrected chi connectivity index (χ2v) is 10.1. The maximum absolute atomic E-state index is 12.1. The largest absolute Gasteiger partial charge is 0.462 e. The minimum Gasteiger partial charge on any atom is -0.462 e. The highest BCUT2D eigenvalue weighted by Gasteiger charge is 2.38. The van der Waals surface area contributed by atoms with Crippen LogP contribution in [0.3, 0.4) is 0 Å². The van der Waals surface area contributed by atoms with Crippen molar-refractivity contribution >= 4 is 24.0 Å². The Morgan fingerprint density at radius 1 is 1.29 bits per heavy atom. The first-order valence-corrected chi connectivity index (χ1v) is 13.4. The van der Waals surface area contributed by atoms with Gasteiger partial charge in [-0.25, -0.2) is 0 Å². The van der Waals surface area contributed by atoms with Gasteiger partial charge in [0.25, 0.3) is 0 Å². The predicted octanol–water partition coefficient (Wildman–Crippen LogP) is 3.55. The summed E-state index contributed by atoms with van der Waals surface area (Å²) in [5.74, 6) is 0.506. The van der Waals surface area contributed by atoms with Gasteiger partial charge in [-0.15, -0.1) is 0 Å². The number of esters is 1. The molecule has 0 aromatic heterocycles. The van der Waals surface area contributed by atoms with Gasteiger partial charge in [0.1, 0.15) is 30.7 Å². The van der Waals surface area contributed by atoms with E-state index in [1.165, 1.54) is 29.7 Å². The molecule has 208 valence electrons. The summed E-state index contributed by atoms with van der Waals surface area (Å²) in [6, 6.07) is 7.62. The number of nitrogens with two attached hydrogens (primary N) is 1. The summed E-state index contributed by atoms with van der Waals surface area (Å²) in [6.07, 6.45) is 7.19. The van der Waals surface area contributed by atoms with Gasteiger partial charge in [-0.2, -0.15) is 0 Å². The molecule has 3 rings (SSSR count). The van der Waals surface area contributed by atoms with E-state index < -0.39 is 30.4 Å². The molecule has 2 aliphatic rings. The smallest absolute Gasteiger partial charge is 0.323 e. The van der Waals surface area contributed by atoms with Crippen LogP contribution in [0.15, 0.2) is 47.1 Å². The number of rotatable bonds is 12. The summed E-state index contributed by atoms with van der Waals surface area (Å²) in [4.78, 5) is 29.6. The lowest BCUT2D eigenvalue weighted by Crippen LogP contribution is -2.39. The summed E-state index contributed by atoms with van der Waals surface area (Å²) >= 11 is 0. The lowest BCUT2D eigenvalue weighted by Gasteiger charge is -2.25. The van der Waals surface area contributed by atoms with E-state index >= 15 is 0 Å². The van der Waals surface area contributed by atoms with E-state index in [1.54, 1.807) is 13.2 Å². The van der Waals surface area contributed by atoms with Crippen LogP contribution in [0.25, 0.3) is 5.76 Å². The third-order valence-corrected chi connectivity index (χ3v) is 6.84. The molecule has 1 aromatic carbocycles. The number of carbonyl (C=O) groups excluding carboxylic acids is 2. The third kappa shape index (κ3) is 7.75. The highest BCUT2D eigenvalue weighted by atomic mass is 16.6. The van der Waals surface area contributed by atoms with Crippen molar-refractivity contribution in [1.29, 1.82) is 0 Å². The van der Waals surface area contributed by atoms with Crippen LogP contribution in [0, 0.1) is 5.92 Å². The van der Waals surface area contributed by atoms with Crippen molar-refractivity contribution < 1.29 is 28.9 Å². The molecule has 0 bridgehead atoms. The predicted molar refractivity (Wildman–Crippen MR) is 146 cm³/mol. The van der Waals surface area contributed by atoms with Gasteiger partial charge in [0.05, 0.1) is 6.10 Å². The van der Waals surface area contributed by atoms with Crippen LogP contribution >= 0.6 is 0 Å². The number of aryl methyl sites for hydroxylation is 1. The second-order valence-electron chi connectivity index (χ2n) is 10.1. The molecule has 0 saturated carbocycles. The molecule has 0 aliphatic carbocycles. The zero-order chi connectivity index (χ0) is 27.7. The summed E-state index contributed by atoms with van der Waals surface area (Å²) in [6.45, 7) is 5.70. The average Bonchev–Trinajstić information content (AvgIpc) is 3.30. The van der Waals surface area contributed by atoms with Crippen molar-refractivity contribution in [3.8, 4) is 0 Å². The first-order chi connectivity index (χ1) is 18.3. The monoisotopic (exact) mass is 527 g/mol. The van der Waals surface area contributed by atoms with Gasteiger partial charge in [-0.1, -0.05) is 57.9 Å². The highest BCUT2D eigenvalue weighted by Crippen LogP contribution is 2.29. The van der Waals surface area contributed by atoms with Crippen LogP contribution < -0.4 is 5.73 Å². The summed E-state index contributed by atoms with van der Waals surface area (Å²) in [5.41, 5.74) is 8.79. The van der Waals surface area contributed by atoms with Gasteiger partial charge in [0.15, 0.2) is 0 Å². The number of nitrogens with zero attached hydrogens (tertiary/aromatic N) is 2. The van der Waals surface area contributed by atoms with Crippen molar-refractivity contribution in [2.75, 3.05) is 13.7 Å². The van der Waals surface area contributed by atoms with Crippen LogP contribution in [0.1, 0.15) is 64.0 Å². The molecule has 1 amide bonds. The van der Waals surface area contributed by atoms with Gasteiger partial charge in [0.2, 0.25) is 12.3 Å². The molecular formula is C29H41N3O6. The zero-order valence-electron chi connectivity index (χ0n) is 22.8. The second kappa shape index (κ2) is 14.2. The van der Waals surface area contributed by atoms with E-state index in [9.17, 15) is 14.7 Å². The molecule has 9 heteroatoms.